The average molecular weight is 787 g/mol. The number of esters is 1. The number of aliphatic hydroxyl groups is 1. The van der Waals surface area contributed by atoms with E-state index in [2.05, 4.69) is 82.3 Å². The Kier molecular flexibility index (Phi) is 10.1. The number of rotatable bonds is 7. The van der Waals surface area contributed by atoms with E-state index in [1.165, 1.54) is 41.3 Å². The molecule has 9 nitrogen and oxygen atoms in total. The highest BCUT2D eigenvalue weighted by molar-refractivity contribution is 6.01. The van der Waals surface area contributed by atoms with Crippen LogP contribution in [0.3, 0.4) is 0 Å². The maximum Gasteiger partial charge on any atom is 0.303 e. The smallest absolute Gasteiger partial charge is 0.303 e. The highest BCUT2D eigenvalue weighted by atomic mass is 19.1. The number of fused-ring (bicyclic) bond motifs is 7. The number of hydrogen-bond donors (Lipinski definition) is 1. The Labute approximate surface area is 338 Å². The number of ether oxygens (including phenoxy) is 3. The fourth-order valence-electron chi connectivity index (χ4n) is 11.2. The maximum atomic E-state index is 17.3. The van der Waals surface area contributed by atoms with Crippen molar-refractivity contribution in [3.63, 3.8) is 0 Å². The van der Waals surface area contributed by atoms with Gasteiger partial charge in [0.05, 0.1) is 24.6 Å². The van der Waals surface area contributed by atoms with Gasteiger partial charge in [-0.3, -0.25) is 14.4 Å². The Morgan fingerprint density at radius 3 is 2.26 bits per heavy atom. The van der Waals surface area contributed by atoms with Crippen molar-refractivity contribution < 1.29 is 38.1 Å². The van der Waals surface area contributed by atoms with Gasteiger partial charge in [0.1, 0.15) is 0 Å². The Bertz CT molecular complexity index is 2240. The summed E-state index contributed by atoms with van der Waals surface area (Å²) in [7, 11) is 0. The van der Waals surface area contributed by atoms with Crippen molar-refractivity contribution in [1.29, 1.82) is 0 Å². The number of carbonyl (C=O) groups excluding carboxylic acids is 3. The molecule has 302 valence electrons. The lowest BCUT2D eigenvalue weighted by molar-refractivity contribution is -0.246. The van der Waals surface area contributed by atoms with Crippen LogP contribution in [-0.2, 0) is 28.6 Å². The van der Waals surface area contributed by atoms with Gasteiger partial charge < -0.3 is 23.9 Å². The van der Waals surface area contributed by atoms with Gasteiger partial charge in [-0.15, -0.1) is 0 Å². The number of allylic oxidation sites excluding steroid dienone is 4. The molecule has 1 aliphatic heterocycles. The summed E-state index contributed by atoms with van der Waals surface area (Å²) in [6.07, 6.45) is 9.53. The molecule has 2 heterocycles. The van der Waals surface area contributed by atoms with E-state index in [9.17, 15) is 19.5 Å². The number of carbonyl (C=O) groups is 3. The predicted molar refractivity (Wildman–Crippen MR) is 216 cm³/mol. The number of aromatic nitrogens is 2. The van der Waals surface area contributed by atoms with Crippen LogP contribution in [0.15, 0.2) is 127 Å². The number of nitrogens with zero attached hydrogens (tertiary/aromatic N) is 2. The molecule has 0 spiro atoms. The molecule has 1 aromatic heterocycles. The van der Waals surface area contributed by atoms with E-state index >= 15 is 4.39 Å². The van der Waals surface area contributed by atoms with E-state index < -0.39 is 64.4 Å². The molecule has 10 heteroatoms. The fourth-order valence-corrected chi connectivity index (χ4v) is 11.2. The molecule has 1 saturated heterocycles. The Morgan fingerprint density at radius 2 is 1.60 bits per heavy atom. The monoisotopic (exact) mass is 786 g/mol. The lowest BCUT2D eigenvalue weighted by Crippen LogP contribution is -2.70. The number of halogens is 1. The molecule has 9 atom stereocenters. The van der Waals surface area contributed by atoms with Gasteiger partial charge in [-0.05, 0) is 86.8 Å². The van der Waals surface area contributed by atoms with Crippen LogP contribution in [0.5, 0.6) is 0 Å². The van der Waals surface area contributed by atoms with Crippen molar-refractivity contribution in [3.05, 3.63) is 139 Å². The number of imidazole rings is 1. The Hall–Kier alpha value is -5.03. The van der Waals surface area contributed by atoms with Crippen molar-refractivity contribution >= 4 is 17.5 Å². The van der Waals surface area contributed by atoms with E-state index in [1.54, 1.807) is 26.8 Å². The quantitative estimate of drug-likeness (QED) is 0.187. The van der Waals surface area contributed by atoms with Crippen molar-refractivity contribution in [3.8, 4) is 11.1 Å². The first-order chi connectivity index (χ1) is 27.6. The van der Waals surface area contributed by atoms with Gasteiger partial charge >= 0.3 is 5.97 Å². The van der Waals surface area contributed by atoms with Crippen molar-refractivity contribution in [1.82, 2.24) is 9.55 Å². The molecule has 9 rings (SSSR count). The van der Waals surface area contributed by atoms with Gasteiger partial charge in [-0.2, -0.15) is 0 Å². The Balaban J connectivity index is 0.000000172. The first-order valence-corrected chi connectivity index (χ1v) is 20.2. The van der Waals surface area contributed by atoms with Crippen LogP contribution in [-0.4, -0.2) is 68.1 Å². The maximum absolute atomic E-state index is 17.3. The first-order valence-electron chi connectivity index (χ1n) is 20.2. The molecule has 0 radical (unpaired) electrons. The molecular formula is C48H51FN2O7. The normalized spacial score (nSPS) is 33.3. The van der Waals surface area contributed by atoms with Crippen LogP contribution in [0.1, 0.15) is 77.5 Å². The zero-order valence-electron chi connectivity index (χ0n) is 33.6. The molecule has 4 aromatic rings. The molecule has 3 saturated carbocycles. The third-order valence-electron chi connectivity index (χ3n) is 13.7. The van der Waals surface area contributed by atoms with E-state index in [1.807, 2.05) is 37.8 Å². The van der Waals surface area contributed by atoms with Crippen molar-refractivity contribution in [2.75, 3.05) is 6.61 Å². The summed E-state index contributed by atoms with van der Waals surface area (Å²) in [5.41, 5.74) is 0.156. The van der Waals surface area contributed by atoms with Crippen LogP contribution in [0, 0.1) is 22.7 Å². The molecule has 4 aliphatic carbocycles. The lowest BCUT2D eigenvalue weighted by Gasteiger charge is -2.62. The molecule has 3 aromatic carbocycles. The minimum absolute atomic E-state index is 0.0168. The molecule has 0 amide bonds. The highest BCUT2D eigenvalue weighted by Crippen LogP contribution is 2.72. The third kappa shape index (κ3) is 6.31. The molecular weight excluding hydrogens is 736 g/mol. The summed E-state index contributed by atoms with van der Waals surface area (Å²) in [5, 5.41) is 11.5. The lowest BCUT2D eigenvalue weighted by atomic mass is 9.44. The average Bonchev–Trinajstić information content (AvgIpc) is 3.89. The molecule has 4 fully saturated rings. The first kappa shape index (κ1) is 39.8. The number of alkyl halides is 1. The number of aliphatic hydroxyl groups excluding tert-OH is 1. The van der Waals surface area contributed by atoms with Gasteiger partial charge in [-0.25, -0.2) is 9.37 Å². The van der Waals surface area contributed by atoms with Crippen molar-refractivity contribution in [2.45, 2.75) is 95.6 Å². The van der Waals surface area contributed by atoms with E-state index in [0.29, 0.717) is 24.8 Å². The topological polar surface area (TPSA) is 117 Å². The predicted octanol–water partition coefficient (Wildman–Crippen LogP) is 8.18. The van der Waals surface area contributed by atoms with Crippen LogP contribution in [0.25, 0.3) is 11.1 Å². The van der Waals surface area contributed by atoms with Crippen LogP contribution in [0.4, 0.5) is 4.39 Å². The summed E-state index contributed by atoms with van der Waals surface area (Å²) >= 11 is 0. The number of hydrogen-bond acceptors (Lipinski definition) is 8. The SMILES string of the molecule is CC(=O)OCC(=O)[C@@]12OC(C)(C)O[C@@H]1C[C@H]1[C@@H]3CCC4=CC(=O)C=C[C@]4(C)[C@@]3(F)[C@@H](O)C[C@@]12C.c1ccc(-c2ccc(C(c3ccccc3)n3ccnc3)cc2)cc1. The molecule has 58 heavy (non-hydrogen) atoms. The second-order valence-corrected chi connectivity index (χ2v) is 17.4. The minimum atomic E-state index is -2.01. The zero-order valence-corrected chi connectivity index (χ0v) is 33.6. The zero-order chi connectivity index (χ0) is 41.1. The van der Waals surface area contributed by atoms with Crippen LogP contribution >= 0.6 is 0 Å². The molecule has 1 N–H and O–H groups in total. The summed E-state index contributed by atoms with van der Waals surface area (Å²) in [5.74, 6) is -3.11. The standard InChI is InChI=1S/C26H33FO7.C22H18N2/c1-14(28)32-13-20(31)26-21(33-22(2,3)34-26)11-18-17-7-6-15-10-16(29)8-9-23(15,4)25(17,27)19(30)12-24(18,26)5;1-3-7-18(8-4-1)19-11-13-21(14-12-19)22(24-16-15-23-17-24)20-9-5-2-6-10-20/h8-10,17-19,21,30H,6-7,11-13H2,1-5H3;1-17,22H/t17-,18-,19-,21+,23-,24-,25-,26+;/m0./s1. The van der Waals surface area contributed by atoms with E-state index in [-0.39, 0.29) is 24.2 Å². The van der Waals surface area contributed by atoms with Crippen molar-refractivity contribution in [2.24, 2.45) is 22.7 Å². The summed E-state index contributed by atoms with van der Waals surface area (Å²) in [6.45, 7) is 7.86. The molecule has 0 bridgehead atoms. The van der Waals surface area contributed by atoms with Gasteiger partial charge in [0.15, 0.2) is 29.4 Å². The van der Waals surface area contributed by atoms with E-state index in [4.69, 9.17) is 14.2 Å². The van der Waals surface area contributed by atoms with Gasteiger partial charge in [0.25, 0.3) is 0 Å². The number of benzene rings is 3. The second kappa shape index (κ2) is 14.7. The van der Waals surface area contributed by atoms with E-state index in [0.717, 1.165) is 0 Å². The third-order valence-corrected chi connectivity index (χ3v) is 13.7. The highest BCUT2D eigenvalue weighted by Gasteiger charge is 2.80. The number of ketones is 2. The largest absolute Gasteiger partial charge is 0.458 e. The second-order valence-electron chi connectivity index (χ2n) is 17.4. The van der Waals surface area contributed by atoms with Gasteiger partial charge in [0.2, 0.25) is 5.78 Å². The Morgan fingerprint density at radius 1 is 0.948 bits per heavy atom. The van der Waals surface area contributed by atoms with Crippen LogP contribution in [0.2, 0.25) is 0 Å². The summed E-state index contributed by atoms with van der Waals surface area (Å²) in [6, 6.07) is 29.9. The van der Waals surface area contributed by atoms with Gasteiger partial charge in [0, 0.05) is 36.1 Å². The molecule has 1 unspecified atom stereocenters. The van der Waals surface area contributed by atoms with Crippen LogP contribution < -0.4 is 0 Å². The summed E-state index contributed by atoms with van der Waals surface area (Å²) < 4.78 is 37.0. The minimum Gasteiger partial charge on any atom is -0.458 e. The fraction of sp³-hybridized carbons (Fsp3) is 0.417. The van der Waals surface area contributed by atoms with Gasteiger partial charge in [-0.1, -0.05) is 104 Å². The summed E-state index contributed by atoms with van der Waals surface area (Å²) in [4.78, 5) is 41.3. The number of Topliss-reactive ketones (excluding diaryl/α,β-unsaturated/α-hetero) is 1. The molecule has 5 aliphatic rings.